The third kappa shape index (κ3) is 2.78. The Morgan fingerprint density at radius 3 is 3.18 bits per heavy atom. The van der Waals surface area contributed by atoms with Crippen LogP contribution < -0.4 is 16.2 Å². The maximum atomic E-state index is 12.7. The second kappa shape index (κ2) is 5.81. The van der Waals surface area contributed by atoms with Crippen LogP contribution in [0.15, 0.2) is 10.9 Å². The van der Waals surface area contributed by atoms with E-state index >= 15 is 0 Å². The number of carbonyl (C=O) groups is 1. The zero-order valence-electron chi connectivity index (χ0n) is 13.1. The first kappa shape index (κ1) is 15.2. The molecule has 0 radical (unpaired) electrons. The Labute approximate surface area is 129 Å². The number of amides is 1. The predicted molar refractivity (Wildman–Crippen MR) is 82.6 cm³/mol. The van der Waals surface area contributed by atoms with Crippen molar-refractivity contribution in [3.63, 3.8) is 0 Å². The number of nitrogens with zero attached hydrogens (tertiary/aromatic N) is 2. The van der Waals surface area contributed by atoms with E-state index in [0.717, 1.165) is 26.2 Å². The normalized spacial score (nSPS) is 27.8. The van der Waals surface area contributed by atoms with E-state index in [-0.39, 0.29) is 16.9 Å². The van der Waals surface area contributed by atoms with E-state index in [1.54, 1.807) is 6.92 Å². The zero-order valence-corrected chi connectivity index (χ0v) is 13.1. The molecule has 0 spiro atoms. The summed E-state index contributed by atoms with van der Waals surface area (Å²) in [5.41, 5.74) is 0.264. The molecule has 7 heteroatoms. The van der Waals surface area contributed by atoms with Gasteiger partial charge in [-0.25, -0.2) is 4.98 Å². The third-order valence-electron chi connectivity index (χ3n) is 4.73. The van der Waals surface area contributed by atoms with E-state index in [1.165, 1.54) is 6.07 Å². The van der Waals surface area contributed by atoms with Crippen molar-refractivity contribution in [3.05, 3.63) is 27.9 Å². The highest BCUT2D eigenvalue weighted by atomic mass is 16.2. The van der Waals surface area contributed by atoms with Crippen LogP contribution in [0.2, 0.25) is 0 Å². The van der Waals surface area contributed by atoms with Crippen LogP contribution in [-0.2, 0) is 11.2 Å². The fourth-order valence-electron chi connectivity index (χ4n) is 3.74. The smallest absolute Gasteiger partial charge is 0.251 e. The first-order chi connectivity index (χ1) is 10.5. The number of hydrogen-bond donors (Lipinski definition) is 3. The number of fused-ring (bicyclic) bond motifs is 1. The zero-order chi connectivity index (χ0) is 15.7. The standard InChI is InChI=1S/C15H23N5O2/c1-10-18-12(5-13(21)19-10)3-4-17-14(22)15-8-16-6-11(15)7-20(2)9-15/h5,11,16H,3-4,6-9H2,1-2H3,(H,17,22)(H,18,19,21)/t11-,15-/m1/s1. The van der Waals surface area contributed by atoms with Crippen molar-refractivity contribution in [1.29, 1.82) is 0 Å². The molecule has 0 unspecified atom stereocenters. The van der Waals surface area contributed by atoms with Gasteiger partial charge in [0, 0.05) is 56.8 Å². The lowest BCUT2D eigenvalue weighted by Crippen LogP contribution is -2.47. The molecule has 2 atom stereocenters. The Morgan fingerprint density at radius 1 is 1.59 bits per heavy atom. The summed E-state index contributed by atoms with van der Waals surface area (Å²) in [6, 6.07) is 1.49. The number of nitrogens with one attached hydrogen (secondary N) is 3. The molecule has 3 rings (SSSR count). The molecule has 22 heavy (non-hydrogen) atoms. The number of aromatic amines is 1. The molecular weight excluding hydrogens is 282 g/mol. The van der Waals surface area contributed by atoms with Gasteiger partial charge in [0.1, 0.15) is 5.82 Å². The average Bonchev–Trinajstić information content (AvgIpc) is 2.94. The van der Waals surface area contributed by atoms with E-state index in [4.69, 9.17) is 0 Å². The maximum absolute atomic E-state index is 12.7. The summed E-state index contributed by atoms with van der Waals surface area (Å²) in [6.45, 7) is 5.69. The molecule has 0 saturated carbocycles. The molecule has 0 aromatic carbocycles. The fraction of sp³-hybridized carbons (Fsp3) is 0.667. The quantitative estimate of drug-likeness (QED) is 0.656. The molecule has 2 aliphatic heterocycles. The van der Waals surface area contributed by atoms with Gasteiger partial charge in [0.25, 0.3) is 5.56 Å². The molecular formula is C15H23N5O2. The van der Waals surface area contributed by atoms with Gasteiger partial charge in [-0.1, -0.05) is 0 Å². The van der Waals surface area contributed by atoms with Gasteiger partial charge >= 0.3 is 0 Å². The Morgan fingerprint density at radius 2 is 2.41 bits per heavy atom. The molecule has 7 nitrogen and oxygen atoms in total. The second-order valence-corrected chi connectivity index (χ2v) is 6.51. The Kier molecular flexibility index (Phi) is 4.01. The van der Waals surface area contributed by atoms with Crippen molar-refractivity contribution in [2.45, 2.75) is 13.3 Å². The number of carbonyl (C=O) groups excluding carboxylic acids is 1. The Hall–Kier alpha value is -1.73. The van der Waals surface area contributed by atoms with Crippen molar-refractivity contribution >= 4 is 5.91 Å². The minimum atomic E-state index is -0.299. The van der Waals surface area contributed by atoms with Crippen LogP contribution in [0.4, 0.5) is 0 Å². The van der Waals surface area contributed by atoms with Crippen LogP contribution in [0, 0.1) is 18.3 Å². The molecule has 2 aliphatic rings. The number of hydrogen-bond acceptors (Lipinski definition) is 5. The molecule has 3 N–H and O–H groups in total. The van der Waals surface area contributed by atoms with Gasteiger partial charge in [0.05, 0.1) is 5.41 Å². The lowest BCUT2D eigenvalue weighted by atomic mass is 9.80. The van der Waals surface area contributed by atoms with Crippen molar-refractivity contribution in [2.75, 3.05) is 39.8 Å². The summed E-state index contributed by atoms with van der Waals surface area (Å²) in [5, 5.41) is 6.38. The van der Waals surface area contributed by atoms with Gasteiger partial charge in [-0.3, -0.25) is 9.59 Å². The monoisotopic (exact) mass is 305 g/mol. The van der Waals surface area contributed by atoms with Crippen LogP contribution >= 0.6 is 0 Å². The van der Waals surface area contributed by atoms with Crippen molar-refractivity contribution in [1.82, 2.24) is 25.5 Å². The fourth-order valence-corrected chi connectivity index (χ4v) is 3.74. The minimum absolute atomic E-state index is 0.119. The molecule has 1 amide bonds. The molecule has 3 heterocycles. The van der Waals surface area contributed by atoms with E-state index in [1.807, 2.05) is 0 Å². The van der Waals surface area contributed by atoms with Crippen LogP contribution in [-0.4, -0.2) is 60.5 Å². The lowest BCUT2D eigenvalue weighted by molar-refractivity contribution is -0.130. The number of likely N-dealkylation sites (tertiary alicyclic amines) is 1. The third-order valence-corrected chi connectivity index (χ3v) is 4.73. The predicted octanol–water partition coefficient (Wildman–Crippen LogP) is -1.11. The first-order valence-electron chi connectivity index (χ1n) is 7.74. The highest BCUT2D eigenvalue weighted by Gasteiger charge is 2.53. The van der Waals surface area contributed by atoms with E-state index in [2.05, 4.69) is 32.5 Å². The highest BCUT2D eigenvalue weighted by molar-refractivity contribution is 5.84. The Bertz CT molecular complexity index is 629. The first-order valence-corrected chi connectivity index (χ1v) is 7.74. The summed E-state index contributed by atoms with van der Waals surface area (Å²) in [7, 11) is 2.07. The second-order valence-electron chi connectivity index (χ2n) is 6.51. The summed E-state index contributed by atoms with van der Waals surface area (Å²) in [4.78, 5) is 33.2. The summed E-state index contributed by atoms with van der Waals surface area (Å²) in [5.74, 6) is 1.11. The molecule has 0 bridgehead atoms. The van der Waals surface area contributed by atoms with E-state index < -0.39 is 0 Å². The van der Waals surface area contributed by atoms with Crippen LogP contribution in [0.5, 0.6) is 0 Å². The SMILES string of the molecule is Cc1nc(CCNC(=O)[C@@]23CNC[C@@H]2CN(C)C3)cc(=O)[nH]1. The number of aromatic nitrogens is 2. The summed E-state index contributed by atoms with van der Waals surface area (Å²) >= 11 is 0. The van der Waals surface area contributed by atoms with Gasteiger partial charge in [-0.2, -0.15) is 0 Å². The van der Waals surface area contributed by atoms with Gasteiger partial charge in [0.2, 0.25) is 5.91 Å². The van der Waals surface area contributed by atoms with Gasteiger partial charge in [-0.05, 0) is 14.0 Å². The average molecular weight is 305 g/mol. The lowest BCUT2D eigenvalue weighted by Gasteiger charge is -2.26. The van der Waals surface area contributed by atoms with Gasteiger partial charge in [-0.15, -0.1) is 0 Å². The maximum Gasteiger partial charge on any atom is 0.251 e. The molecule has 1 aromatic rings. The topological polar surface area (TPSA) is 90.1 Å². The van der Waals surface area contributed by atoms with Crippen molar-refractivity contribution in [3.8, 4) is 0 Å². The number of H-pyrrole nitrogens is 1. The molecule has 120 valence electrons. The van der Waals surface area contributed by atoms with Crippen molar-refractivity contribution in [2.24, 2.45) is 11.3 Å². The summed E-state index contributed by atoms with van der Waals surface area (Å²) < 4.78 is 0. The van der Waals surface area contributed by atoms with E-state index in [0.29, 0.717) is 30.4 Å². The summed E-state index contributed by atoms with van der Waals surface area (Å²) in [6.07, 6.45) is 0.570. The molecule has 2 saturated heterocycles. The van der Waals surface area contributed by atoms with Gasteiger partial charge < -0.3 is 20.5 Å². The highest BCUT2D eigenvalue weighted by Crippen LogP contribution is 2.38. The molecule has 0 aliphatic carbocycles. The van der Waals surface area contributed by atoms with Crippen LogP contribution in [0.1, 0.15) is 11.5 Å². The molecule has 1 aromatic heterocycles. The number of aryl methyl sites for hydroxylation is 1. The van der Waals surface area contributed by atoms with Crippen LogP contribution in [0.25, 0.3) is 0 Å². The number of rotatable bonds is 4. The van der Waals surface area contributed by atoms with E-state index in [9.17, 15) is 9.59 Å². The molecule has 2 fully saturated rings. The largest absolute Gasteiger partial charge is 0.355 e. The van der Waals surface area contributed by atoms with Crippen LogP contribution in [0.3, 0.4) is 0 Å². The van der Waals surface area contributed by atoms with Crippen molar-refractivity contribution < 1.29 is 4.79 Å². The van der Waals surface area contributed by atoms with Gasteiger partial charge in [0.15, 0.2) is 0 Å². The Balaban J connectivity index is 1.59. The minimum Gasteiger partial charge on any atom is -0.355 e.